The maximum Gasteiger partial charge on any atom is 0.407 e. The second-order valence-electron chi connectivity index (χ2n) is 7.76. The number of carbonyl (C=O) groups is 1. The van der Waals surface area contributed by atoms with Gasteiger partial charge in [0.05, 0.1) is 6.61 Å². The summed E-state index contributed by atoms with van der Waals surface area (Å²) in [5.74, 6) is 0.803. The van der Waals surface area contributed by atoms with Gasteiger partial charge in [0.15, 0.2) is 0 Å². The molecule has 1 atom stereocenters. The highest BCUT2D eigenvalue weighted by molar-refractivity contribution is 5.68. The van der Waals surface area contributed by atoms with Crippen LogP contribution in [-0.2, 0) is 9.47 Å². The highest BCUT2D eigenvalue weighted by Gasteiger charge is 2.33. The molecule has 0 radical (unpaired) electrons. The van der Waals surface area contributed by atoms with Gasteiger partial charge in [-0.3, -0.25) is 0 Å². The second-order valence-corrected chi connectivity index (χ2v) is 7.76. The summed E-state index contributed by atoms with van der Waals surface area (Å²) in [6, 6.07) is 1.30. The minimum absolute atomic E-state index is 0.245. The molecule has 5 nitrogen and oxygen atoms in total. The lowest BCUT2D eigenvalue weighted by Gasteiger charge is -2.33. The van der Waals surface area contributed by atoms with Gasteiger partial charge in [-0.1, -0.05) is 0 Å². The number of rotatable bonds is 6. The molecule has 2 saturated carbocycles. The van der Waals surface area contributed by atoms with Gasteiger partial charge >= 0.3 is 6.09 Å². The molecule has 2 rings (SSSR count). The first-order valence-corrected chi connectivity index (χ1v) is 8.62. The van der Waals surface area contributed by atoms with Crippen molar-refractivity contribution in [1.29, 1.82) is 0 Å². The molecule has 1 amide bonds. The molecule has 2 aliphatic rings. The third-order valence-corrected chi connectivity index (χ3v) is 4.44. The Morgan fingerprint density at radius 1 is 1.09 bits per heavy atom. The number of ether oxygens (including phenoxy) is 2. The van der Waals surface area contributed by atoms with Crippen molar-refractivity contribution in [2.45, 2.75) is 83.0 Å². The van der Waals surface area contributed by atoms with Crippen LogP contribution in [0.15, 0.2) is 0 Å². The fraction of sp³-hybridized carbons (Fsp3) is 0.941. The standard InChI is InChI=1S/C17H32N2O3/c1-17(2,3)22-16(20)19-14-9-7-13(8-10-14)18-15(11-21-4)12-5-6-12/h12-15,18H,5-11H2,1-4H3,(H,19,20). The van der Waals surface area contributed by atoms with Crippen molar-refractivity contribution < 1.29 is 14.3 Å². The largest absolute Gasteiger partial charge is 0.444 e. The van der Waals surface area contributed by atoms with Crippen molar-refractivity contribution in [2.24, 2.45) is 5.92 Å². The van der Waals surface area contributed by atoms with Gasteiger partial charge in [0.25, 0.3) is 0 Å². The van der Waals surface area contributed by atoms with E-state index in [1.165, 1.54) is 12.8 Å². The summed E-state index contributed by atoms with van der Waals surface area (Å²) in [4.78, 5) is 11.8. The predicted octanol–water partition coefficient (Wildman–Crippen LogP) is 2.84. The Morgan fingerprint density at radius 2 is 1.68 bits per heavy atom. The molecule has 0 aliphatic heterocycles. The smallest absolute Gasteiger partial charge is 0.407 e. The Morgan fingerprint density at radius 3 is 2.18 bits per heavy atom. The van der Waals surface area contributed by atoms with Crippen LogP contribution in [-0.4, -0.2) is 43.5 Å². The normalized spacial score (nSPS) is 27.3. The van der Waals surface area contributed by atoms with Crippen LogP contribution in [0.5, 0.6) is 0 Å². The number of nitrogens with one attached hydrogen (secondary N) is 2. The van der Waals surface area contributed by atoms with Gasteiger partial charge in [0, 0.05) is 25.2 Å². The van der Waals surface area contributed by atoms with Crippen LogP contribution < -0.4 is 10.6 Å². The molecular formula is C17H32N2O3. The van der Waals surface area contributed by atoms with E-state index < -0.39 is 5.60 Å². The fourth-order valence-electron chi connectivity index (χ4n) is 3.18. The van der Waals surface area contributed by atoms with Crippen molar-refractivity contribution in [1.82, 2.24) is 10.6 Å². The molecule has 128 valence electrons. The van der Waals surface area contributed by atoms with Gasteiger partial charge in [0.1, 0.15) is 5.60 Å². The zero-order valence-electron chi connectivity index (χ0n) is 14.5. The summed E-state index contributed by atoms with van der Waals surface area (Å²) in [5.41, 5.74) is -0.430. The average molecular weight is 312 g/mol. The fourth-order valence-corrected chi connectivity index (χ4v) is 3.18. The molecule has 2 N–H and O–H groups in total. The molecule has 1 unspecified atom stereocenters. The number of hydrogen-bond acceptors (Lipinski definition) is 4. The van der Waals surface area contributed by atoms with Crippen molar-refractivity contribution in [2.75, 3.05) is 13.7 Å². The van der Waals surface area contributed by atoms with E-state index in [2.05, 4.69) is 10.6 Å². The van der Waals surface area contributed by atoms with Crippen LogP contribution in [0.1, 0.15) is 59.3 Å². The molecule has 0 heterocycles. The number of hydrogen-bond donors (Lipinski definition) is 2. The lowest BCUT2D eigenvalue weighted by atomic mass is 9.90. The molecule has 0 spiro atoms. The Bertz CT molecular complexity index is 355. The third kappa shape index (κ3) is 6.13. The summed E-state index contributed by atoms with van der Waals surface area (Å²) >= 11 is 0. The van der Waals surface area contributed by atoms with E-state index in [1.54, 1.807) is 7.11 Å². The van der Waals surface area contributed by atoms with Gasteiger partial charge in [-0.05, 0) is 65.2 Å². The Labute approximate surface area is 134 Å². The van der Waals surface area contributed by atoms with E-state index >= 15 is 0 Å². The lowest BCUT2D eigenvalue weighted by Crippen LogP contribution is -2.47. The van der Waals surface area contributed by atoms with E-state index in [9.17, 15) is 4.79 Å². The maximum absolute atomic E-state index is 11.8. The van der Waals surface area contributed by atoms with Crippen molar-refractivity contribution in [3.63, 3.8) is 0 Å². The van der Waals surface area contributed by atoms with E-state index in [1.807, 2.05) is 20.8 Å². The quantitative estimate of drug-likeness (QED) is 0.792. The van der Waals surface area contributed by atoms with E-state index in [-0.39, 0.29) is 12.1 Å². The van der Waals surface area contributed by atoms with Crippen molar-refractivity contribution in [3.05, 3.63) is 0 Å². The maximum atomic E-state index is 11.8. The van der Waals surface area contributed by atoms with Crippen LogP contribution in [0.2, 0.25) is 0 Å². The molecule has 22 heavy (non-hydrogen) atoms. The van der Waals surface area contributed by atoms with Gasteiger partial charge in [-0.2, -0.15) is 0 Å². The molecule has 0 aromatic rings. The topological polar surface area (TPSA) is 59.6 Å². The minimum Gasteiger partial charge on any atom is -0.444 e. The van der Waals surface area contributed by atoms with E-state index in [0.717, 1.165) is 38.2 Å². The third-order valence-electron chi connectivity index (χ3n) is 4.44. The molecule has 0 saturated heterocycles. The number of carbonyl (C=O) groups excluding carboxylic acids is 1. The molecule has 5 heteroatoms. The minimum atomic E-state index is -0.430. The molecule has 0 bridgehead atoms. The lowest BCUT2D eigenvalue weighted by molar-refractivity contribution is 0.0488. The number of alkyl carbamates (subject to hydrolysis) is 1. The molecule has 2 fully saturated rings. The zero-order chi connectivity index (χ0) is 16.2. The van der Waals surface area contributed by atoms with Crippen molar-refractivity contribution >= 4 is 6.09 Å². The average Bonchev–Trinajstić information content (AvgIpc) is 3.22. The van der Waals surface area contributed by atoms with Crippen molar-refractivity contribution in [3.8, 4) is 0 Å². The Kier molecular flexibility index (Phi) is 6.09. The first kappa shape index (κ1) is 17.5. The molecule has 2 aliphatic carbocycles. The first-order chi connectivity index (χ1) is 10.4. The van der Waals surface area contributed by atoms with E-state index in [4.69, 9.17) is 9.47 Å². The Balaban J connectivity index is 1.68. The summed E-state index contributed by atoms with van der Waals surface area (Å²) < 4.78 is 10.7. The highest BCUT2D eigenvalue weighted by Crippen LogP contribution is 2.33. The summed E-state index contributed by atoms with van der Waals surface area (Å²) in [7, 11) is 1.78. The van der Waals surface area contributed by atoms with Gasteiger partial charge in [0.2, 0.25) is 0 Å². The monoisotopic (exact) mass is 312 g/mol. The SMILES string of the molecule is COCC(NC1CCC(NC(=O)OC(C)(C)C)CC1)C1CC1. The first-order valence-electron chi connectivity index (χ1n) is 8.62. The number of methoxy groups -OCH3 is 1. The van der Waals surface area contributed by atoms with Gasteiger partial charge in [-0.25, -0.2) is 4.79 Å². The number of amides is 1. The summed E-state index contributed by atoms with van der Waals surface area (Å²) in [5, 5.41) is 6.76. The molecule has 0 aromatic carbocycles. The predicted molar refractivity (Wildman–Crippen MR) is 86.9 cm³/mol. The van der Waals surface area contributed by atoms with Crippen LogP contribution in [0.25, 0.3) is 0 Å². The zero-order valence-corrected chi connectivity index (χ0v) is 14.5. The second kappa shape index (κ2) is 7.64. The van der Waals surface area contributed by atoms with Crippen LogP contribution in [0.4, 0.5) is 4.79 Å². The van der Waals surface area contributed by atoms with E-state index in [0.29, 0.717) is 12.1 Å². The Hall–Kier alpha value is -0.810. The van der Waals surface area contributed by atoms with Crippen LogP contribution in [0.3, 0.4) is 0 Å². The summed E-state index contributed by atoms with van der Waals surface area (Å²) in [6.07, 6.45) is 6.61. The highest BCUT2D eigenvalue weighted by atomic mass is 16.6. The molecular weight excluding hydrogens is 280 g/mol. The molecule has 0 aromatic heterocycles. The van der Waals surface area contributed by atoms with Crippen LogP contribution in [0, 0.1) is 5.92 Å². The van der Waals surface area contributed by atoms with Crippen LogP contribution >= 0.6 is 0 Å². The van der Waals surface area contributed by atoms with Gasteiger partial charge < -0.3 is 20.1 Å². The summed E-state index contributed by atoms with van der Waals surface area (Å²) in [6.45, 7) is 6.48. The van der Waals surface area contributed by atoms with Gasteiger partial charge in [-0.15, -0.1) is 0 Å².